The number of nitrogens with one attached hydrogen (secondary N) is 1. The van der Waals surface area contributed by atoms with E-state index in [0.29, 0.717) is 24.6 Å². The second-order valence-corrected chi connectivity index (χ2v) is 7.90. The van der Waals surface area contributed by atoms with Crippen LogP contribution in [0, 0.1) is 5.82 Å². The van der Waals surface area contributed by atoms with E-state index in [0.717, 1.165) is 22.1 Å². The second kappa shape index (κ2) is 8.71. The third kappa shape index (κ3) is 4.77. The van der Waals surface area contributed by atoms with E-state index in [1.165, 1.54) is 19.2 Å². The summed E-state index contributed by atoms with van der Waals surface area (Å²) in [5.74, 6) is 0.0626. The zero-order valence-electron chi connectivity index (χ0n) is 15.2. The van der Waals surface area contributed by atoms with E-state index < -0.39 is 15.8 Å². The van der Waals surface area contributed by atoms with Crippen molar-refractivity contribution >= 4 is 21.4 Å². The van der Waals surface area contributed by atoms with Crippen molar-refractivity contribution in [3.05, 3.63) is 78.9 Å². The van der Waals surface area contributed by atoms with Gasteiger partial charge in [-0.15, -0.1) is 0 Å². The molecule has 0 aliphatic carbocycles. The molecule has 0 bridgehead atoms. The molecule has 0 unspecified atom stereocenters. The average Bonchev–Trinajstić information content (AvgIpc) is 2.72. The lowest BCUT2D eigenvalue weighted by Crippen LogP contribution is -2.26. The molecule has 3 aromatic rings. The first-order valence-electron chi connectivity index (χ1n) is 8.58. The molecule has 3 rings (SSSR count). The fraction of sp³-hybridized carbons (Fsp3) is 0.150. The van der Waals surface area contributed by atoms with Crippen LogP contribution in [0.1, 0.15) is 0 Å². The molecule has 1 heterocycles. The van der Waals surface area contributed by atoms with Gasteiger partial charge in [-0.05, 0) is 48.5 Å². The summed E-state index contributed by atoms with van der Waals surface area (Å²) in [5.41, 5.74) is 1.39. The van der Waals surface area contributed by atoms with Crippen LogP contribution in [0.5, 0.6) is 5.75 Å². The van der Waals surface area contributed by atoms with E-state index in [2.05, 4.69) is 10.3 Å². The van der Waals surface area contributed by atoms with Crippen LogP contribution in [0.25, 0.3) is 0 Å². The van der Waals surface area contributed by atoms with Gasteiger partial charge in [-0.2, -0.15) is 0 Å². The Labute approximate surface area is 163 Å². The Kier molecular flexibility index (Phi) is 6.10. The van der Waals surface area contributed by atoms with Crippen molar-refractivity contribution in [1.82, 2.24) is 4.98 Å². The largest absolute Gasteiger partial charge is 0.492 e. The van der Waals surface area contributed by atoms with E-state index >= 15 is 0 Å². The molecule has 0 amide bonds. The van der Waals surface area contributed by atoms with Gasteiger partial charge in [-0.25, -0.2) is 12.8 Å². The van der Waals surface area contributed by atoms with Gasteiger partial charge in [0, 0.05) is 37.7 Å². The lowest BCUT2D eigenvalue weighted by molar-refractivity contribution is 0.333. The van der Waals surface area contributed by atoms with Gasteiger partial charge < -0.3 is 10.1 Å². The van der Waals surface area contributed by atoms with Crippen LogP contribution in [0.15, 0.2) is 78.0 Å². The van der Waals surface area contributed by atoms with E-state index in [1.54, 1.807) is 36.7 Å². The smallest absolute Gasteiger partial charge is 0.264 e. The van der Waals surface area contributed by atoms with Crippen molar-refractivity contribution < 1.29 is 17.5 Å². The molecule has 28 heavy (non-hydrogen) atoms. The summed E-state index contributed by atoms with van der Waals surface area (Å²) < 4.78 is 45.4. The Morgan fingerprint density at radius 1 is 1.07 bits per heavy atom. The standard InChI is InChI=1S/C20H20FN3O3S/c1-24(28(25,26)20-7-5-16(21)6-8-20)18-3-2-4-19(15-18)27-14-13-23-17-9-11-22-12-10-17/h2-12,15H,13-14H2,1H3,(H,22,23). The Morgan fingerprint density at radius 3 is 2.50 bits per heavy atom. The van der Waals surface area contributed by atoms with Gasteiger partial charge in [0.1, 0.15) is 18.2 Å². The van der Waals surface area contributed by atoms with E-state index in [-0.39, 0.29) is 4.90 Å². The monoisotopic (exact) mass is 401 g/mol. The minimum Gasteiger partial charge on any atom is -0.492 e. The summed E-state index contributed by atoms with van der Waals surface area (Å²) >= 11 is 0. The van der Waals surface area contributed by atoms with Crippen LogP contribution in [0.2, 0.25) is 0 Å². The highest BCUT2D eigenvalue weighted by Crippen LogP contribution is 2.25. The molecule has 6 nitrogen and oxygen atoms in total. The molecule has 146 valence electrons. The maximum atomic E-state index is 13.1. The van der Waals surface area contributed by atoms with Crippen molar-refractivity contribution in [3.63, 3.8) is 0 Å². The molecule has 8 heteroatoms. The molecule has 2 aromatic carbocycles. The lowest BCUT2D eigenvalue weighted by atomic mass is 10.3. The summed E-state index contributed by atoms with van der Waals surface area (Å²) in [5, 5.41) is 3.20. The minimum absolute atomic E-state index is 0.0178. The van der Waals surface area contributed by atoms with Gasteiger partial charge in [0.2, 0.25) is 0 Å². The predicted molar refractivity (Wildman–Crippen MR) is 107 cm³/mol. The summed E-state index contributed by atoms with van der Waals surface area (Å²) in [6, 6.07) is 15.2. The van der Waals surface area contributed by atoms with Crippen molar-refractivity contribution in [2.45, 2.75) is 4.90 Å². The SMILES string of the molecule is CN(c1cccc(OCCNc2ccncc2)c1)S(=O)(=O)c1ccc(F)cc1. The van der Waals surface area contributed by atoms with Crippen LogP contribution in [0.4, 0.5) is 15.8 Å². The molecule has 0 fully saturated rings. The predicted octanol–water partition coefficient (Wildman–Crippen LogP) is 3.54. The Hall–Kier alpha value is -3.13. The number of benzene rings is 2. The fourth-order valence-electron chi connectivity index (χ4n) is 2.51. The third-order valence-corrected chi connectivity index (χ3v) is 5.83. The first-order valence-corrected chi connectivity index (χ1v) is 10.0. The lowest BCUT2D eigenvalue weighted by Gasteiger charge is -2.20. The van der Waals surface area contributed by atoms with Crippen molar-refractivity contribution in [3.8, 4) is 5.75 Å². The van der Waals surface area contributed by atoms with E-state index in [9.17, 15) is 12.8 Å². The van der Waals surface area contributed by atoms with Crippen LogP contribution >= 0.6 is 0 Å². The van der Waals surface area contributed by atoms with E-state index in [1.807, 2.05) is 12.1 Å². The number of aromatic nitrogens is 1. The molecule has 0 aliphatic rings. The van der Waals surface area contributed by atoms with Gasteiger partial charge in [0.05, 0.1) is 10.6 Å². The molecular weight excluding hydrogens is 381 g/mol. The van der Waals surface area contributed by atoms with Crippen LogP contribution in [-0.2, 0) is 10.0 Å². The Balaban J connectivity index is 1.64. The number of sulfonamides is 1. The first-order chi connectivity index (χ1) is 13.5. The van der Waals surface area contributed by atoms with Crippen LogP contribution < -0.4 is 14.4 Å². The van der Waals surface area contributed by atoms with Gasteiger partial charge in [-0.3, -0.25) is 9.29 Å². The van der Waals surface area contributed by atoms with Crippen molar-refractivity contribution in [2.24, 2.45) is 0 Å². The highest BCUT2D eigenvalue weighted by molar-refractivity contribution is 7.92. The molecule has 1 N–H and O–H groups in total. The summed E-state index contributed by atoms with van der Waals surface area (Å²) in [4.78, 5) is 3.97. The van der Waals surface area contributed by atoms with Crippen molar-refractivity contribution in [1.29, 1.82) is 0 Å². The topological polar surface area (TPSA) is 71.5 Å². The number of ether oxygens (including phenoxy) is 1. The van der Waals surface area contributed by atoms with Gasteiger partial charge in [-0.1, -0.05) is 6.07 Å². The summed E-state index contributed by atoms with van der Waals surface area (Å²) in [6.45, 7) is 0.984. The quantitative estimate of drug-likeness (QED) is 0.585. The molecule has 0 spiro atoms. The molecule has 1 aromatic heterocycles. The first kappa shape index (κ1) is 19.6. The Bertz CT molecular complexity index is 1010. The molecule has 0 aliphatic heterocycles. The Morgan fingerprint density at radius 2 is 1.79 bits per heavy atom. The highest BCUT2D eigenvalue weighted by Gasteiger charge is 2.21. The normalized spacial score (nSPS) is 11.1. The van der Waals surface area contributed by atoms with Gasteiger partial charge >= 0.3 is 0 Å². The summed E-state index contributed by atoms with van der Waals surface area (Å²) in [7, 11) is -2.35. The number of nitrogens with zero attached hydrogens (tertiary/aromatic N) is 2. The fourth-order valence-corrected chi connectivity index (χ4v) is 3.69. The molecule has 0 atom stereocenters. The van der Waals surface area contributed by atoms with Gasteiger partial charge in [0.25, 0.3) is 10.0 Å². The van der Waals surface area contributed by atoms with E-state index in [4.69, 9.17) is 4.74 Å². The number of halogens is 1. The van der Waals surface area contributed by atoms with Gasteiger partial charge in [0.15, 0.2) is 0 Å². The number of hydrogen-bond donors (Lipinski definition) is 1. The molecule has 0 saturated carbocycles. The molecular formula is C20H20FN3O3S. The second-order valence-electron chi connectivity index (χ2n) is 5.93. The van der Waals surface area contributed by atoms with Crippen LogP contribution in [-0.4, -0.2) is 33.6 Å². The zero-order chi connectivity index (χ0) is 20.0. The third-order valence-electron chi connectivity index (χ3n) is 4.03. The number of hydrogen-bond acceptors (Lipinski definition) is 5. The maximum Gasteiger partial charge on any atom is 0.264 e. The number of anilines is 2. The minimum atomic E-state index is -3.79. The van der Waals surface area contributed by atoms with Crippen LogP contribution in [0.3, 0.4) is 0 Å². The number of rotatable bonds is 8. The highest BCUT2D eigenvalue weighted by atomic mass is 32.2. The molecule has 0 saturated heterocycles. The summed E-state index contributed by atoms with van der Waals surface area (Å²) in [6.07, 6.45) is 3.40. The average molecular weight is 401 g/mol. The van der Waals surface area contributed by atoms with Crippen molar-refractivity contribution in [2.75, 3.05) is 29.8 Å². The maximum absolute atomic E-state index is 13.1. The zero-order valence-corrected chi connectivity index (χ0v) is 16.1. The number of pyridine rings is 1. The molecule has 0 radical (unpaired) electrons.